The van der Waals surface area contributed by atoms with Gasteiger partial charge in [-0.15, -0.1) is 0 Å². The second-order valence-corrected chi connectivity index (χ2v) is 5.72. The van der Waals surface area contributed by atoms with E-state index in [1.165, 1.54) is 7.11 Å². The van der Waals surface area contributed by atoms with Crippen molar-refractivity contribution >= 4 is 0 Å². The second-order valence-electron chi connectivity index (χ2n) is 5.72. The van der Waals surface area contributed by atoms with Crippen LogP contribution in [0.1, 0.15) is 6.92 Å². The molecule has 2 rings (SSSR count). The van der Waals surface area contributed by atoms with E-state index in [1.807, 2.05) is 0 Å². The van der Waals surface area contributed by atoms with Gasteiger partial charge in [0, 0.05) is 7.11 Å². The zero-order valence-corrected chi connectivity index (χ0v) is 12.8. The fraction of sp³-hybridized carbons (Fsp3) is 1.00. The van der Waals surface area contributed by atoms with Crippen molar-refractivity contribution in [3.05, 3.63) is 0 Å². The third-order valence-corrected chi connectivity index (χ3v) is 4.18. The van der Waals surface area contributed by atoms with Crippen LogP contribution in [0.25, 0.3) is 0 Å². The molecule has 0 amide bonds. The smallest absolute Gasteiger partial charge is 0.187 e. The average Bonchev–Trinajstić information content (AvgIpc) is 2.53. The quantitative estimate of drug-likeness (QED) is 0.300. The van der Waals surface area contributed by atoms with Crippen LogP contribution in [0.2, 0.25) is 0 Å². The molecule has 2 fully saturated rings. The maximum absolute atomic E-state index is 9.98. The molecule has 0 aromatic heterocycles. The number of rotatable bonds is 4. The van der Waals surface area contributed by atoms with Crippen molar-refractivity contribution in [1.29, 1.82) is 0 Å². The Kier molecular flexibility index (Phi) is 6.30. The number of aliphatic hydroxyl groups is 6. The summed E-state index contributed by atoms with van der Waals surface area (Å²) in [6.45, 7) is 0.979. The Hall–Kier alpha value is -0.400. The van der Waals surface area contributed by atoms with Crippen molar-refractivity contribution in [1.82, 2.24) is 0 Å². The SMILES string of the molecule is CO[C@H]1[C@H](O[C@@H]2O[C@H](CO)[C@@H](O)[C@H](O)[C@H]2O)[C@@H](C)OC(O)[C@@H]1O. The molecule has 0 aliphatic carbocycles. The summed E-state index contributed by atoms with van der Waals surface area (Å²) in [5, 5.41) is 58.1. The van der Waals surface area contributed by atoms with Gasteiger partial charge in [0.05, 0.1) is 12.7 Å². The number of aliphatic hydroxyl groups excluding tert-OH is 6. The summed E-state index contributed by atoms with van der Waals surface area (Å²) in [6, 6.07) is 0. The van der Waals surface area contributed by atoms with Crippen molar-refractivity contribution < 1.29 is 49.6 Å². The Labute approximate surface area is 132 Å². The van der Waals surface area contributed by atoms with Gasteiger partial charge in [-0.05, 0) is 6.92 Å². The van der Waals surface area contributed by atoms with Gasteiger partial charge >= 0.3 is 0 Å². The van der Waals surface area contributed by atoms with Gasteiger partial charge in [-0.3, -0.25) is 0 Å². The molecule has 0 aromatic rings. The Morgan fingerprint density at radius 3 is 2.09 bits per heavy atom. The molecule has 0 spiro atoms. The lowest BCUT2D eigenvalue weighted by molar-refractivity contribution is -0.353. The fourth-order valence-corrected chi connectivity index (χ4v) is 2.80. The summed E-state index contributed by atoms with van der Waals surface area (Å²) in [4.78, 5) is 0. The predicted octanol–water partition coefficient (Wildman–Crippen LogP) is -3.72. The molecule has 10 atom stereocenters. The lowest BCUT2D eigenvalue weighted by Crippen LogP contribution is -2.63. The minimum absolute atomic E-state index is 0.587. The van der Waals surface area contributed by atoms with Crippen molar-refractivity contribution in [2.45, 2.75) is 68.3 Å². The second kappa shape index (κ2) is 7.66. The van der Waals surface area contributed by atoms with Gasteiger partial charge in [-0.1, -0.05) is 0 Å². The summed E-state index contributed by atoms with van der Waals surface area (Å²) < 4.78 is 21.0. The van der Waals surface area contributed by atoms with Gasteiger partial charge < -0.3 is 49.6 Å². The highest BCUT2D eigenvalue weighted by Gasteiger charge is 2.49. The van der Waals surface area contributed by atoms with Crippen LogP contribution >= 0.6 is 0 Å². The van der Waals surface area contributed by atoms with Crippen LogP contribution in [0.5, 0.6) is 0 Å². The lowest BCUT2D eigenvalue weighted by Gasteiger charge is -2.45. The maximum Gasteiger partial charge on any atom is 0.187 e. The van der Waals surface area contributed by atoms with Crippen molar-refractivity contribution in [3.8, 4) is 0 Å². The summed E-state index contributed by atoms with van der Waals surface area (Å²) in [7, 11) is 1.31. The predicted molar refractivity (Wildman–Crippen MR) is 72.0 cm³/mol. The molecule has 0 radical (unpaired) electrons. The van der Waals surface area contributed by atoms with Crippen molar-refractivity contribution in [2.75, 3.05) is 13.7 Å². The van der Waals surface area contributed by atoms with Gasteiger partial charge in [0.25, 0.3) is 0 Å². The van der Waals surface area contributed by atoms with E-state index in [9.17, 15) is 25.5 Å². The molecule has 23 heavy (non-hydrogen) atoms. The van der Waals surface area contributed by atoms with Crippen LogP contribution in [0, 0.1) is 0 Å². The van der Waals surface area contributed by atoms with Crippen LogP contribution < -0.4 is 0 Å². The maximum atomic E-state index is 9.98. The first-order chi connectivity index (χ1) is 10.8. The molecule has 2 heterocycles. The molecule has 10 heteroatoms. The minimum Gasteiger partial charge on any atom is -0.394 e. The highest BCUT2D eigenvalue weighted by molar-refractivity contribution is 4.93. The van der Waals surface area contributed by atoms with Gasteiger partial charge in [-0.25, -0.2) is 0 Å². The van der Waals surface area contributed by atoms with E-state index in [0.717, 1.165) is 0 Å². The van der Waals surface area contributed by atoms with Crippen LogP contribution in [0.15, 0.2) is 0 Å². The van der Waals surface area contributed by atoms with E-state index < -0.39 is 68.0 Å². The molecule has 0 bridgehead atoms. The van der Waals surface area contributed by atoms with Gasteiger partial charge in [0.15, 0.2) is 12.6 Å². The molecule has 2 aliphatic heterocycles. The first-order valence-corrected chi connectivity index (χ1v) is 7.32. The average molecular weight is 340 g/mol. The van der Waals surface area contributed by atoms with Crippen molar-refractivity contribution in [2.24, 2.45) is 0 Å². The number of hydrogen-bond donors (Lipinski definition) is 6. The van der Waals surface area contributed by atoms with E-state index in [1.54, 1.807) is 6.92 Å². The van der Waals surface area contributed by atoms with E-state index in [4.69, 9.17) is 24.1 Å². The third kappa shape index (κ3) is 3.66. The third-order valence-electron chi connectivity index (χ3n) is 4.18. The summed E-state index contributed by atoms with van der Waals surface area (Å²) in [5.74, 6) is 0. The largest absolute Gasteiger partial charge is 0.394 e. The Balaban J connectivity index is 2.12. The lowest BCUT2D eigenvalue weighted by atomic mass is 9.97. The van der Waals surface area contributed by atoms with Crippen LogP contribution in [-0.2, 0) is 18.9 Å². The number of methoxy groups -OCH3 is 1. The highest BCUT2D eigenvalue weighted by atomic mass is 16.7. The van der Waals surface area contributed by atoms with Crippen molar-refractivity contribution in [3.63, 3.8) is 0 Å². The molecule has 0 saturated carbocycles. The first kappa shape index (κ1) is 18.9. The molecule has 10 nitrogen and oxygen atoms in total. The molecule has 136 valence electrons. The summed E-state index contributed by atoms with van der Waals surface area (Å²) in [5.41, 5.74) is 0. The summed E-state index contributed by atoms with van der Waals surface area (Å²) in [6.07, 6.45) is -12.6. The van der Waals surface area contributed by atoms with E-state index in [2.05, 4.69) is 0 Å². The van der Waals surface area contributed by atoms with Crippen LogP contribution in [0.4, 0.5) is 0 Å². The van der Waals surface area contributed by atoms with Gasteiger partial charge in [0.1, 0.15) is 42.7 Å². The molecule has 2 aliphatic rings. The van der Waals surface area contributed by atoms with Gasteiger partial charge in [0.2, 0.25) is 0 Å². The Morgan fingerprint density at radius 1 is 0.870 bits per heavy atom. The van der Waals surface area contributed by atoms with E-state index in [-0.39, 0.29) is 0 Å². The molecule has 1 unspecified atom stereocenters. The monoisotopic (exact) mass is 340 g/mol. The van der Waals surface area contributed by atoms with Crippen LogP contribution in [-0.4, -0.2) is 106 Å². The topological polar surface area (TPSA) is 158 Å². The molecule has 0 aromatic carbocycles. The first-order valence-electron chi connectivity index (χ1n) is 7.32. The molecular formula is C13H24O10. The normalized spacial score (nSPS) is 51.7. The zero-order valence-electron chi connectivity index (χ0n) is 12.8. The van der Waals surface area contributed by atoms with Crippen LogP contribution in [0.3, 0.4) is 0 Å². The highest BCUT2D eigenvalue weighted by Crippen LogP contribution is 2.29. The Morgan fingerprint density at radius 2 is 1.52 bits per heavy atom. The van der Waals surface area contributed by atoms with Gasteiger partial charge in [-0.2, -0.15) is 0 Å². The molecule has 2 saturated heterocycles. The summed E-state index contributed by atoms with van der Waals surface area (Å²) >= 11 is 0. The zero-order chi connectivity index (χ0) is 17.3. The minimum atomic E-state index is -1.58. The van der Waals surface area contributed by atoms with E-state index >= 15 is 0 Å². The number of ether oxygens (including phenoxy) is 4. The molecule has 6 N–H and O–H groups in total. The fourth-order valence-electron chi connectivity index (χ4n) is 2.80. The standard InChI is InChI=1S/C13H24O10/c1-4-10(11(20-2)9(18)12(19)21-4)23-13-8(17)7(16)6(15)5(3-14)22-13/h4-19H,3H2,1-2H3/t4-,5-,6-,7+,8-,9-,10-,11-,12?,13+/m1/s1. The molecular weight excluding hydrogens is 316 g/mol. The Bertz CT molecular complexity index is 380. The number of hydrogen-bond acceptors (Lipinski definition) is 10. The van der Waals surface area contributed by atoms with E-state index in [0.29, 0.717) is 0 Å².